The average molecular weight is 282 g/mol. The van der Waals surface area contributed by atoms with Crippen molar-refractivity contribution in [3.8, 4) is 0 Å². The minimum atomic E-state index is -4.28. The summed E-state index contributed by atoms with van der Waals surface area (Å²) in [5, 5.41) is 8.86. The maximum Gasteiger partial charge on any atom is 0.401 e. The van der Waals surface area contributed by atoms with Gasteiger partial charge in [-0.3, -0.25) is 4.90 Å². The molecule has 0 radical (unpaired) electrons. The lowest BCUT2D eigenvalue weighted by atomic mass is 10.1. The van der Waals surface area contributed by atoms with Crippen LogP contribution in [-0.4, -0.2) is 35.7 Å². The summed E-state index contributed by atoms with van der Waals surface area (Å²) in [4.78, 5) is 11.7. The highest BCUT2D eigenvalue weighted by Gasteiger charge is 2.29. The number of carboxylic acids is 1. The summed E-state index contributed by atoms with van der Waals surface area (Å²) in [6.07, 6.45) is -4.28. The van der Waals surface area contributed by atoms with Gasteiger partial charge in [0.1, 0.15) is 0 Å². The molecule has 0 aliphatic carbocycles. The monoisotopic (exact) mass is 281 g/mol. The maximum absolute atomic E-state index is 12.1. The first-order valence-corrected chi connectivity index (χ1v) is 5.34. The summed E-state index contributed by atoms with van der Waals surface area (Å²) >= 11 is 5.82. The highest BCUT2D eigenvalue weighted by Crippen LogP contribution is 2.21. The molecule has 0 unspecified atom stereocenters. The summed E-state index contributed by atoms with van der Waals surface area (Å²) in [6.45, 7) is -1.05. The molecule has 0 saturated heterocycles. The highest BCUT2D eigenvalue weighted by molar-refractivity contribution is 6.31. The SMILES string of the molecule is CN(Cc1ccc(C(=O)O)cc1Cl)CC(F)(F)F. The Bertz CT molecular complexity index is 448. The van der Waals surface area contributed by atoms with Crippen molar-refractivity contribution in [2.45, 2.75) is 12.7 Å². The Labute approximate surface area is 107 Å². The van der Waals surface area contributed by atoms with Crippen molar-refractivity contribution in [2.75, 3.05) is 13.6 Å². The predicted octanol–water partition coefficient (Wildman–Crippen LogP) is 3.03. The van der Waals surface area contributed by atoms with Crippen LogP contribution in [0.5, 0.6) is 0 Å². The van der Waals surface area contributed by atoms with Crippen molar-refractivity contribution in [1.82, 2.24) is 4.90 Å². The fraction of sp³-hybridized carbons (Fsp3) is 0.364. The molecule has 0 fully saturated rings. The van der Waals surface area contributed by atoms with Crippen LogP contribution in [-0.2, 0) is 6.54 Å². The molecule has 1 N–H and O–H groups in total. The van der Waals surface area contributed by atoms with Gasteiger partial charge in [0.05, 0.1) is 12.1 Å². The first-order chi connectivity index (χ1) is 8.19. The van der Waals surface area contributed by atoms with Crippen LogP contribution >= 0.6 is 11.6 Å². The molecule has 1 aromatic carbocycles. The van der Waals surface area contributed by atoms with E-state index in [1.54, 1.807) is 0 Å². The molecule has 0 bridgehead atoms. The smallest absolute Gasteiger partial charge is 0.401 e. The van der Waals surface area contributed by atoms with E-state index in [9.17, 15) is 18.0 Å². The van der Waals surface area contributed by atoms with Crippen LogP contribution in [0.3, 0.4) is 0 Å². The fourth-order valence-electron chi connectivity index (χ4n) is 1.46. The van der Waals surface area contributed by atoms with Crippen LogP contribution in [0.15, 0.2) is 18.2 Å². The van der Waals surface area contributed by atoms with E-state index >= 15 is 0 Å². The second-order valence-corrected chi connectivity index (χ2v) is 4.31. The quantitative estimate of drug-likeness (QED) is 0.922. The first-order valence-electron chi connectivity index (χ1n) is 4.96. The molecule has 100 valence electrons. The molecule has 0 aliphatic rings. The molecule has 0 amide bonds. The third-order valence-corrected chi connectivity index (χ3v) is 2.54. The van der Waals surface area contributed by atoms with Gasteiger partial charge in [-0.25, -0.2) is 4.79 Å². The fourth-order valence-corrected chi connectivity index (χ4v) is 1.70. The average Bonchev–Trinajstić information content (AvgIpc) is 2.17. The summed E-state index contributed by atoms with van der Waals surface area (Å²) in [5.74, 6) is -1.13. The number of rotatable bonds is 4. The molecule has 1 aromatic rings. The number of halogens is 4. The zero-order valence-corrected chi connectivity index (χ0v) is 10.2. The van der Waals surface area contributed by atoms with Gasteiger partial charge in [0, 0.05) is 11.6 Å². The summed E-state index contributed by atoms with van der Waals surface area (Å²) in [5.41, 5.74) is 0.454. The van der Waals surface area contributed by atoms with Crippen LogP contribution in [0.2, 0.25) is 5.02 Å². The van der Waals surface area contributed by atoms with E-state index in [0.29, 0.717) is 5.56 Å². The van der Waals surface area contributed by atoms with Crippen molar-refractivity contribution in [2.24, 2.45) is 0 Å². The van der Waals surface area contributed by atoms with Crippen LogP contribution in [0.4, 0.5) is 13.2 Å². The molecule has 0 aliphatic heterocycles. The second-order valence-electron chi connectivity index (χ2n) is 3.90. The standard InChI is InChI=1S/C11H11ClF3NO2/c1-16(6-11(13,14)15)5-8-3-2-7(10(17)18)4-9(8)12/h2-4H,5-6H2,1H3,(H,17,18). The van der Waals surface area contributed by atoms with Crippen molar-refractivity contribution in [3.05, 3.63) is 34.3 Å². The van der Waals surface area contributed by atoms with Gasteiger partial charge in [0.25, 0.3) is 0 Å². The van der Waals surface area contributed by atoms with Gasteiger partial charge < -0.3 is 5.11 Å². The molecule has 0 saturated carbocycles. The van der Waals surface area contributed by atoms with Crippen molar-refractivity contribution in [3.63, 3.8) is 0 Å². The normalized spacial score (nSPS) is 11.9. The number of hydrogen-bond acceptors (Lipinski definition) is 2. The summed E-state index contributed by atoms with van der Waals surface area (Å²) in [7, 11) is 1.31. The number of hydrogen-bond donors (Lipinski definition) is 1. The first kappa shape index (κ1) is 14.8. The highest BCUT2D eigenvalue weighted by atomic mass is 35.5. The molecule has 0 atom stereocenters. The van der Waals surface area contributed by atoms with Gasteiger partial charge in [-0.1, -0.05) is 17.7 Å². The van der Waals surface area contributed by atoms with Gasteiger partial charge in [-0.15, -0.1) is 0 Å². The van der Waals surface area contributed by atoms with E-state index in [4.69, 9.17) is 16.7 Å². The van der Waals surface area contributed by atoms with E-state index < -0.39 is 18.7 Å². The number of aromatic carboxylic acids is 1. The van der Waals surface area contributed by atoms with Gasteiger partial charge in [0.2, 0.25) is 0 Å². The number of benzene rings is 1. The number of alkyl halides is 3. The summed E-state index contributed by atoms with van der Waals surface area (Å²) < 4.78 is 36.4. The van der Waals surface area contributed by atoms with Gasteiger partial charge in [-0.05, 0) is 24.7 Å². The summed E-state index contributed by atoms with van der Waals surface area (Å²) in [6, 6.07) is 3.95. The third kappa shape index (κ3) is 4.54. The van der Waals surface area contributed by atoms with Crippen LogP contribution in [0.1, 0.15) is 15.9 Å². The molecular weight excluding hydrogens is 271 g/mol. The lowest BCUT2D eigenvalue weighted by molar-refractivity contribution is -0.144. The minimum absolute atomic E-state index is 0.00174. The predicted molar refractivity (Wildman–Crippen MR) is 60.8 cm³/mol. The van der Waals surface area contributed by atoms with E-state index in [0.717, 1.165) is 4.90 Å². The van der Waals surface area contributed by atoms with E-state index in [-0.39, 0.29) is 17.1 Å². The molecule has 0 aromatic heterocycles. The Kier molecular flexibility index (Phi) is 4.59. The van der Waals surface area contributed by atoms with E-state index in [2.05, 4.69) is 0 Å². The molecule has 0 heterocycles. The van der Waals surface area contributed by atoms with Crippen molar-refractivity contribution in [1.29, 1.82) is 0 Å². The molecule has 0 spiro atoms. The Morgan fingerprint density at radius 2 is 2.06 bits per heavy atom. The molecule has 18 heavy (non-hydrogen) atoms. The topological polar surface area (TPSA) is 40.5 Å². The molecular formula is C11H11ClF3NO2. The minimum Gasteiger partial charge on any atom is -0.478 e. The van der Waals surface area contributed by atoms with Crippen LogP contribution in [0.25, 0.3) is 0 Å². The van der Waals surface area contributed by atoms with Gasteiger partial charge in [0.15, 0.2) is 0 Å². The number of carbonyl (C=O) groups is 1. The van der Waals surface area contributed by atoms with Gasteiger partial charge in [-0.2, -0.15) is 13.2 Å². The third-order valence-electron chi connectivity index (χ3n) is 2.19. The van der Waals surface area contributed by atoms with Crippen LogP contribution < -0.4 is 0 Å². The molecule has 1 rings (SSSR count). The zero-order valence-electron chi connectivity index (χ0n) is 9.46. The zero-order chi connectivity index (χ0) is 13.9. The largest absolute Gasteiger partial charge is 0.478 e. The lowest BCUT2D eigenvalue weighted by Gasteiger charge is -2.19. The Morgan fingerprint density at radius 3 is 2.50 bits per heavy atom. The van der Waals surface area contributed by atoms with E-state index in [1.807, 2.05) is 0 Å². The second kappa shape index (κ2) is 5.58. The Hall–Kier alpha value is -1.27. The van der Waals surface area contributed by atoms with Crippen LogP contribution in [0, 0.1) is 0 Å². The lowest BCUT2D eigenvalue weighted by Crippen LogP contribution is -2.30. The number of carboxylic acid groups (broad SMARTS) is 1. The Morgan fingerprint density at radius 1 is 1.44 bits per heavy atom. The molecule has 7 heteroatoms. The van der Waals surface area contributed by atoms with Crippen molar-refractivity contribution < 1.29 is 23.1 Å². The maximum atomic E-state index is 12.1. The van der Waals surface area contributed by atoms with E-state index in [1.165, 1.54) is 25.2 Å². The number of nitrogens with zero attached hydrogens (tertiary/aromatic N) is 1. The van der Waals surface area contributed by atoms with Gasteiger partial charge >= 0.3 is 12.1 Å². The van der Waals surface area contributed by atoms with Crippen molar-refractivity contribution >= 4 is 17.6 Å². The Balaban J connectivity index is 2.77. The molecule has 3 nitrogen and oxygen atoms in total.